The minimum Gasteiger partial charge on any atom is -0.456 e. The second-order valence-electron chi connectivity index (χ2n) is 12.4. The summed E-state index contributed by atoms with van der Waals surface area (Å²) in [6, 6.07) is 55.4. The second-order valence-corrected chi connectivity index (χ2v) is 12.4. The molecule has 0 aliphatic rings. The van der Waals surface area contributed by atoms with E-state index in [0.717, 1.165) is 82.8 Å². The molecule has 9 aromatic rings. The van der Waals surface area contributed by atoms with Crippen molar-refractivity contribution in [3.8, 4) is 22.3 Å². The quantitative estimate of drug-likeness (QED) is 0.132. The van der Waals surface area contributed by atoms with Gasteiger partial charge in [-0.2, -0.15) is 0 Å². The van der Waals surface area contributed by atoms with Crippen molar-refractivity contribution in [2.75, 3.05) is 0 Å². The first-order valence-corrected chi connectivity index (χ1v) is 16.9. The van der Waals surface area contributed by atoms with E-state index >= 15 is 0 Å². The van der Waals surface area contributed by atoms with Gasteiger partial charge in [0.1, 0.15) is 22.3 Å². The van der Waals surface area contributed by atoms with Crippen LogP contribution in [0, 0.1) is 0 Å². The van der Waals surface area contributed by atoms with Crippen molar-refractivity contribution >= 4 is 62.3 Å². The molecule has 0 aliphatic heterocycles. The van der Waals surface area contributed by atoms with Crippen molar-refractivity contribution in [2.24, 2.45) is 15.0 Å². The molecule has 0 atom stereocenters. The lowest BCUT2D eigenvalue weighted by Gasteiger charge is -2.10. The maximum Gasteiger partial charge on any atom is 0.161 e. The number of para-hydroxylation sites is 1. The number of amidine groups is 2. The minimum atomic E-state index is 0.441. The van der Waals surface area contributed by atoms with E-state index in [1.165, 1.54) is 0 Å². The van der Waals surface area contributed by atoms with Gasteiger partial charge in [-0.1, -0.05) is 140 Å². The average Bonchev–Trinajstić information content (AvgIpc) is 3.78. The molecule has 0 N–H and O–H groups in total. The van der Waals surface area contributed by atoms with E-state index in [0.29, 0.717) is 18.2 Å². The Morgan fingerprint density at radius 2 is 1.04 bits per heavy atom. The largest absolute Gasteiger partial charge is 0.456 e. The fraction of sp³-hybridized carbons (Fsp3) is 0.0217. The summed E-state index contributed by atoms with van der Waals surface area (Å²) in [4.78, 5) is 14.7. The summed E-state index contributed by atoms with van der Waals surface area (Å²) in [7, 11) is 0. The van der Waals surface area contributed by atoms with E-state index in [1.807, 2.05) is 103 Å². The topological polar surface area (TPSA) is 63.4 Å². The van der Waals surface area contributed by atoms with Crippen LogP contribution in [-0.2, 0) is 6.54 Å². The molecule has 0 bridgehead atoms. The van der Waals surface area contributed by atoms with Crippen LogP contribution in [0.1, 0.15) is 16.7 Å². The summed E-state index contributed by atoms with van der Waals surface area (Å²) in [6.07, 6.45) is 0. The number of benzene rings is 7. The fourth-order valence-corrected chi connectivity index (χ4v) is 6.94. The van der Waals surface area contributed by atoms with Crippen LogP contribution in [-0.4, -0.2) is 18.4 Å². The Kier molecular flexibility index (Phi) is 7.63. The Hall–Kier alpha value is -6.85. The number of hydrogen-bond acceptors (Lipinski definition) is 3. The Morgan fingerprint density at radius 3 is 1.78 bits per heavy atom. The molecule has 0 amide bonds. The fourth-order valence-electron chi connectivity index (χ4n) is 6.94. The zero-order valence-corrected chi connectivity index (χ0v) is 27.7. The Labute approximate surface area is 294 Å². The molecule has 0 saturated carbocycles. The SMILES string of the molecule is C=NC(=NC(=NCc1ccccc1)c1cccc2oc3cccc(-c4cccc5oc6ccccc6c45)c3c12)c1ccc(-c2ccccc2)cc1. The normalized spacial score (nSPS) is 12.3. The molecule has 242 valence electrons. The highest BCUT2D eigenvalue weighted by molar-refractivity contribution is 6.25. The molecule has 5 heteroatoms. The van der Waals surface area contributed by atoms with Crippen LogP contribution in [0.3, 0.4) is 0 Å². The highest BCUT2D eigenvalue weighted by atomic mass is 16.3. The van der Waals surface area contributed by atoms with Gasteiger partial charge in [-0.3, -0.25) is 4.99 Å². The smallest absolute Gasteiger partial charge is 0.161 e. The van der Waals surface area contributed by atoms with Gasteiger partial charge in [-0.25, -0.2) is 9.98 Å². The molecule has 0 saturated heterocycles. The van der Waals surface area contributed by atoms with Crippen molar-refractivity contribution in [1.29, 1.82) is 0 Å². The summed E-state index contributed by atoms with van der Waals surface area (Å²) in [5.74, 6) is 1.03. The molecular weight excluding hydrogens is 627 g/mol. The van der Waals surface area contributed by atoms with Crippen LogP contribution in [0.2, 0.25) is 0 Å². The summed E-state index contributed by atoms with van der Waals surface area (Å²) in [5.41, 5.74) is 10.4. The second kappa shape index (κ2) is 12.9. The first kappa shape index (κ1) is 30.2. The van der Waals surface area contributed by atoms with Gasteiger partial charge in [-0.15, -0.1) is 0 Å². The third-order valence-electron chi connectivity index (χ3n) is 9.32. The van der Waals surface area contributed by atoms with Gasteiger partial charge in [0.15, 0.2) is 11.7 Å². The van der Waals surface area contributed by atoms with E-state index in [4.69, 9.17) is 18.8 Å². The third-order valence-corrected chi connectivity index (χ3v) is 9.32. The van der Waals surface area contributed by atoms with Crippen LogP contribution in [0.25, 0.3) is 66.1 Å². The van der Waals surface area contributed by atoms with Crippen molar-refractivity contribution in [1.82, 2.24) is 0 Å². The van der Waals surface area contributed by atoms with E-state index in [9.17, 15) is 0 Å². The van der Waals surface area contributed by atoms with Crippen molar-refractivity contribution in [3.05, 3.63) is 180 Å². The minimum absolute atomic E-state index is 0.441. The molecule has 5 nitrogen and oxygen atoms in total. The van der Waals surface area contributed by atoms with Gasteiger partial charge in [0.05, 0.1) is 6.54 Å². The maximum absolute atomic E-state index is 6.56. The monoisotopic (exact) mass is 657 g/mol. The van der Waals surface area contributed by atoms with Gasteiger partial charge in [0.2, 0.25) is 0 Å². The highest BCUT2D eigenvalue weighted by Gasteiger charge is 2.21. The van der Waals surface area contributed by atoms with Gasteiger partial charge in [0, 0.05) is 32.7 Å². The number of nitrogens with zero attached hydrogens (tertiary/aromatic N) is 3. The molecule has 0 radical (unpaired) electrons. The summed E-state index contributed by atoms with van der Waals surface area (Å²) in [6.45, 7) is 4.37. The molecule has 9 rings (SSSR count). The van der Waals surface area contributed by atoms with Gasteiger partial charge in [0.25, 0.3) is 0 Å². The standard InChI is InChI=1S/C46H31N3O2/c1-47-45(33-27-25-32(26-28-33)31-15-6-3-7-16-31)49-46(48-29-30-13-4-2-5-14-30)37-20-12-24-41-44(37)43-35(19-11-23-40(43)51-41)34-18-10-22-39-42(34)36-17-8-9-21-38(36)50-39/h2-28H,1,29H2. The highest BCUT2D eigenvalue weighted by Crippen LogP contribution is 2.43. The Morgan fingerprint density at radius 1 is 0.471 bits per heavy atom. The molecule has 0 unspecified atom stereocenters. The van der Waals surface area contributed by atoms with E-state index in [-0.39, 0.29) is 0 Å². The van der Waals surface area contributed by atoms with Crippen molar-refractivity contribution < 1.29 is 8.83 Å². The van der Waals surface area contributed by atoms with Crippen LogP contribution in [0.5, 0.6) is 0 Å². The molecule has 2 aromatic heterocycles. The zero-order valence-electron chi connectivity index (χ0n) is 27.7. The predicted octanol–water partition coefficient (Wildman–Crippen LogP) is 11.9. The summed E-state index contributed by atoms with van der Waals surface area (Å²) >= 11 is 0. The van der Waals surface area contributed by atoms with Crippen LogP contribution in [0.4, 0.5) is 0 Å². The number of furan rings is 2. The van der Waals surface area contributed by atoms with Gasteiger partial charge >= 0.3 is 0 Å². The average molecular weight is 658 g/mol. The number of fused-ring (bicyclic) bond motifs is 6. The molecule has 0 fully saturated rings. The maximum atomic E-state index is 6.56. The molecule has 2 heterocycles. The van der Waals surface area contributed by atoms with E-state index in [1.54, 1.807) is 0 Å². The molecule has 0 aliphatic carbocycles. The molecule has 7 aromatic carbocycles. The summed E-state index contributed by atoms with van der Waals surface area (Å²) < 4.78 is 12.8. The van der Waals surface area contributed by atoms with E-state index in [2.05, 4.69) is 72.4 Å². The molecule has 0 spiro atoms. The summed E-state index contributed by atoms with van der Waals surface area (Å²) in [5, 5.41) is 4.07. The Bertz CT molecular complexity index is 2770. The van der Waals surface area contributed by atoms with Gasteiger partial charge in [-0.05, 0) is 58.8 Å². The number of hydrogen-bond donors (Lipinski definition) is 0. The number of aliphatic imine (C=N–C) groups is 3. The lowest BCUT2D eigenvalue weighted by molar-refractivity contribution is 0.668. The Balaban J connectivity index is 1.25. The first-order valence-electron chi connectivity index (χ1n) is 16.9. The molecular formula is C46H31N3O2. The van der Waals surface area contributed by atoms with Crippen molar-refractivity contribution in [3.63, 3.8) is 0 Å². The van der Waals surface area contributed by atoms with Crippen LogP contribution < -0.4 is 0 Å². The third kappa shape index (κ3) is 5.51. The zero-order chi connectivity index (χ0) is 34.1. The van der Waals surface area contributed by atoms with Crippen LogP contribution >= 0.6 is 0 Å². The first-order chi connectivity index (χ1) is 25.2. The van der Waals surface area contributed by atoms with E-state index < -0.39 is 0 Å². The predicted molar refractivity (Wildman–Crippen MR) is 211 cm³/mol. The lowest BCUT2D eigenvalue weighted by atomic mass is 9.94. The van der Waals surface area contributed by atoms with Crippen LogP contribution in [0.15, 0.2) is 188 Å². The lowest BCUT2D eigenvalue weighted by Crippen LogP contribution is -2.06. The molecule has 51 heavy (non-hydrogen) atoms. The van der Waals surface area contributed by atoms with Crippen molar-refractivity contribution in [2.45, 2.75) is 6.54 Å². The number of rotatable bonds is 6. The van der Waals surface area contributed by atoms with Gasteiger partial charge < -0.3 is 8.83 Å².